The molecule has 0 aromatic heterocycles. The van der Waals surface area contributed by atoms with Gasteiger partial charge in [0.1, 0.15) is 5.75 Å². The van der Waals surface area contributed by atoms with Crippen molar-refractivity contribution in [3.63, 3.8) is 0 Å². The van der Waals surface area contributed by atoms with Gasteiger partial charge in [-0.1, -0.05) is 11.6 Å². The van der Waals surface area contributed by atoms with Gasteiger partial charge in [0, 0.05) is 19.7 Å². The van der Waals surface area contributed by atoms with E-state index in [0.29, 0.717) is 0 Å². The summed E-state index contributed by atoms with van der Waals surface area (Å²) in [5.41, 5.74) is 0.219. The number of nitrogens with one attached hydrogen (secondary N) is 2. The SMILES string of the molecule is COCCNS(=O)(=O)Nc1ccc(Cl)c(O)c1. The van der Waals surface area contributed by atoms with E-state index < -0.39 is 10.2 Å². The van der Waals surface area contributed by atoms with E-state index in [2.05, 4.69) is 9.44 Å². The molecule has 0 spiro atoms. The highest BCUT2D eigenvalue weighted by atomic mass is 35.5. The van der Waals surface area contributed by atoms with Crippen LogP contribution in [0.2, 0.25) is 5.02 Å². The zero-order valence-corrected chi connectivity index (χ0v) is 10.7. The third kappa shape index (κ3) is 4.78. The smallest absolute Gasteiger partial charge is 0.299 e. The summed E-state index contributed by atoms with van der Waals surface area (Å²) in [7, 11) is -2.20. The van der Waals surface area contributed by atoms with Crippen LogP contribution in [0.1, 0.15) is 0 Å². The average Bonchev–Trinajstić information content (AvgIpc) is 2.23. The molecule has 0 heterocycles. The van der Waals surface area contributed by atoms with Crippen LogP contribution < -0.4 is 9.44 Å². The molecule has 0 amide bonds. The lowest BCUT2D eigenvalue weighted by Crippen LogP contribution is -2.32. The molecule has 1 rings (SSSR count). The molecule has 0 bridgehead atoms. The maximum absolute atomic E-state index is 11.5. The number of hydrogen-bond donors (Lipinski definition) is 3. The molecule has 96 valence electrons. The second-order valence-corrected chi connectivity index (χ2v) is 5.07. The molecule has 1 aromatic rings. The van der Waals surface area contributed by atoms with Gasteiger partial charge in [-0.05, 0) is 12.1 Å². The zero-order chi connectivity index (χ0) is 12.9. The predicted octanol–water partition coefficient (Wildman–Crippen LogP) is 0.938. The maximum atomic E-state index is 11.5. The number of methoxy groups -OCH3 is 1. The number of ether oxygens (including phenoxy) is 1. The molecule has 0 radical (unpaired) electrons. The Morgan fingerprint density at radius 2 is 2.18 bits per heavy atom. The minimum atomic E-state index is -3.67. The molecule has 0 saturated carbocycles. The molecule has 3 N–H and O–H groups in total. The quantitative estimate of drug-likeness (QED) is 0.677. The first kappa shape index (κ1) is 14.0. The van der Waals surface area contributed by atoms with E-state index in [-0.39, 0.29) is 29.6 Å². The van der Waals surface area contributed by atoms with Crippen LogP contribution in [0.5, 0.6) is 5.75 Å². The largest absolute Gasteiger partial charge is 0.506 e. The first-order chi connectivity index (χ1) is 7.94. The van der Waals surface area contributed by atoms with E-state index >= 15 is 0 Å². The molecule has 0 aliphatic rings. The van der Waals surface area contributed by atoms with Gasteiger partial charge in [-0.15, -0.1) is 0 Å². The Bertz CT molecular complexity index is 478. The summed E-state index contributed by atoms with van der Waals surface area (Å²) in [6.45, 7) is 0.429. The molecule has 0 saturated heterocycles. The lowest BCUT2D eigenvalue weighted by atomic mass is 10.3. The van der Waals surface area contributed by atoms with Crippen LogP contribution in [0.4, 0.5) is 5.69 Å². The van der Waals surface area contributed by atoms with Gasteiger partial charge in [-0.3, -0.25) is 4.72 Å². The Morgan fingerprint density at radius 3 is 2.76 bits per heavy atom. The van der Waals surface area contributed by atoms with Crippen LogP contribution in [-0.4, -0.2) is 33.8 Å². The molecule has 17 heavy (non-hydrogen) atoms. The Kier molecular flexibility index (Phi) is 5.01. The molecule has 0 aliphatic carbocycles. The van der Waals surface area contributed by atoms with E-state index in [1.807, 2.05) is 0 Å². The van der Waals surface area contributed by atoms with Gasteiger partial charge in [-0.25, -0.2) is 0 Å². The summed E-state index contributed by atoms with van der Waals surface area (Å²) >= 11 is 5.59. The van der Waals surface area contributed by atoms with E-state index in [4.69, 9.17) is 16.3 Å². The summed E-state index contributed by atoms with van der Waals surface area (Å²) in [5, 5.41) is 9.46. The molecule has 1 aromatic carbocycles. The van der Waals surface area contributed by atoms with E-state index in [0.717, 1.165) is 0 Å². The van der Waals surface area contributed by atoms with Crippen molar-refractivity contribution in [1.82, 2.24) is 4.72 Å². The first-order valence-corrected chi connectivity index (χ1v) is 6.55. The van der Waals surface area contributed by atoms with Gasteiger partial charge in [0.15, 0.2) is 0 Å². The molecular weight excluding hydrogens is 268 g/mol. The van der Waals surface area contributed by atoms with Gasteiger partial charge < -0.3 is 9.84 Å². The van der Waals surface area contributed by atoms with Crippen LogP contribution in [0, 0.1) is 0 Å². The molecule has 0 fully saturated rings. The summed E-state index contributed by atoms with van der Waals surface area (Å²) in [5.74, 6) is -0.191. The molecule has 8 heteroatoms. The summed E-state index contributed by atoms with van der Waals surface area (Å²) in [6.07, 6.45) is 0. The third-order valence-corrected chi connectivity index (χ3v) is 3.20. The molecule has 6 nitrogen and oxygen atoms in total. The van der Waals surface area contributed by atoms with Crippen LogP contribution in [-0.2, 0) is 14.9 Å². The van der Waals surface area contributed by atoms with E-state index in [1.165, 1.54) is 25.3 Å². The van der Waals surface area contributed by atoms with Crippen molar-refractivity contribution < 1.29 is 18.3 Å². The second-order valence-electron chi connectivity index (χ2n) is 3.16. The number of hydrogen-bond acceptors (Lipinski definition) is 4. The third-order valence-electron chi connectivity index (χ3n) is 1.80. The number of aromatic hydroxyl groups is 1. The van der Waals surface area contributed by atoms with Crippen molar-refractivity contribution in [2.24, 2.45) is 0 Å². The van der Waals surface area contributed by atoms with Crippen molar-refractivity contribution in [3.05, 3.63) is 23.2 Å². The van der Waals surface area contributed by atoms with Gasteiger partial charge in [0.2, 0.25) is 0 Å². The molecule has 0 atom stereocenters. The number of phenols is 1. The predicted molar refractivity (Wildman–Crippen MR) is 65.5 cm³/mol. The van der Waals surface area contributed by atoms with Crippen LogP contribution in [0.15, 0.2) is 18.2 Å². The van der Waals surface area contributed by atoms with Crippen molar-refractivity contribution in [3.8, 4) is 5.75 Å². The molecule has 0 unspecified atom stereocenters. The number of anilines is 1. The van der Waals surface area contributed by atoms with Crippen LogP contribution in [0.25, 0.3) is 0 Å². The van der Waals surface area contributed by atoms with E-state index in [9.17, 15) is 13.5 Å². The van der Waals surface area contributed by atoms with Gasteiger partial charge in [0.25, 0.3) is 10.2 Å². The Hall–Kier alpha value is -1.02. The fourth-order valence-electron chi connectivity index (χ4n) is 1.05. The monoisotopic (exact) mass is 280 g/mol. The van der Waals surface area contributed by atoms with Crippen molar-refractivity contribution in [2.75, 3.05) is 25.0 Å². The maximum Gasteiger partial charge on any atom is 0.299 e. The van der Waals surface area contributed by atoms with Crippen LogP contribution in [0.3, 0.4) is 0 Å². The molecule has 0 aliphatic heterocycles. The lowest BCUT2D eigenvalue weighted by Gasteiger charge is -2.09. The van der Waals surface area contributed by atoms with Gasteiger partial charge in [-0.2, -0.15) is 13.1 Å². The normalized spacial score (nSPS) is 11.4. The zero-order valence-electron chi connectivity index (χ0n) is 9.10. The summed E-state index contributed by atoms with van der Waals surface area (Å²) in [4.78, 5) is 0. The second kappa shape index (κ2) is 6.06. The van der Waals surface area contributed by atoms with Crippen LogP contribution >= 0.6 is 11.6 Å². The fraction of sp³-hybridized carbons (Fsp3) is 0.333. The van der Waals surface area contributed by atoms with Gasteiger partial charge in [0.05, 0.1) is 17.3 Å². The minimum absolute atomic E-state index is 0.153. The average molecular weight is 281 g/mol. The summed E-state index contributed by atoms with van der Waals surface area (Å²) < 4.78 is 32.2. The van der Waals surface area contributed by atoms with Gasteiger partial charge >= 0.3 is 0 Å². The van der Waals surface area contributed by atoms with Crippen molar-refractivity contribution >= 4 is 27.5 Å². The molecular formula is C9H13ClN2O4S. The highest BCUT2D eigenvalue weighted by molar-refractivity contribution is 7.90. The Balaban J connectivity index is 2.66. The Labute approximate surface area is 105 Å². The van der Waals surface area contributed by atoms with Crippen molar-refractivity contribution in [1.29, 1.82) is 0 Å². The first-order valence-electron chi connectivity index (χ1n) is 4.69. The minimum Gasteiger partial charge on any atom is -0.506 e. The Morgan fingerprint density at radius 1 is 1.47 bits per heavy atom. The summed E-state index contributed by atoms with van der Waals surface area (Å²) in [6, 6.07) is 4.05. The topological polar surface area (TPSA) is 87.7 Å². The fourth-order valence-corrected chi connectivity index (χ4v) is 2.02. The van der Waals surface area contributed by atoms with Crippen molar-refractivity contribution in [2.45, 2.75) is 0 Å². The number of rotatable bonds is 6. The number of halogens is 1. The number of phenolic OH excluding ortho intramolecular Hbond substituents is 1. The highest BCUT2D eigenvalue weighted by Crippen LogP contribution is 2.26. The van der Waals surface area contributed by atoms with E-state index in [1.54, 1.807) is 0 Å². The highest BCUT2D eigenvalue weighted by Gasteiger charge is 2.09. The standard InChI is InChI=1S/C9H13ClN2O4S/c1-16-5-4-11-17(14,15)12-7-2-3-8(10)9(13)6-7/h2-3,6,11-13H,4-5H2,1H3. The number of benzene rings is 1. The lowest BCUT2D eigenvalue weighted by molar-refractivity contribution is 0.204.